The van der Waals surface area contributed by atoms with E-state index in [4.69, 9.17) is 29.6 Å². The molecule has 5 heteroatoms. The Labute approximate surface area is 126 Å². The molecule has 3 N–H and O–H groups in total. The van der Waals surface area contributed by atoms with Crippen molar-refractivity contribution in [3.8, 4) is 0 Å². The summed E-state index contributed by atoms with van der Waals surface area (Å²) in [7, 11) is 4.16. The van der Waals surface area contributed by atoms with E-state index in [1.54, 1.807) is 0 Å². The molecule has 0 aromatic heterocycles. The Morgan fingerprint density at radius 2 is 2.05 bits per heavy atom. The average Bonchev–Trinajstić information content (AvgIpc) is 2.24. The van der Waals surface area contributed by atoms with Gasteiger partial charge < -0.3 is 16.0 Å². The van der Waals surface area contributed by atoms with E-state index in [1.165, 1.54) is 0 Å². The lowest BCUT2D eigenvalue weighted by Gasteiger charge is -2.29. The molecule has 0 saturated carbocycles. The molecule has 19 heavy (non-hydrogen) atoms. The predicted molar refractivity (Wildman–Crippen MR) is 88.2 cm³/mol. The van der Waals surface area contributed by atoms with Crippen LogP contribution in [-0.2, 0) is 0 Å². The van der Waals surface area contributed by atoms with Crippen LogP contribution in [0, 0.1) is 5.41 Å². The molecule has 0 aliphatic rings. The molecule has 0 radical (unpaired) electrons. The van der Waals surface area contributed by atoms with Crippen molar-refractivity contribution in [2.75, 3.05) is 32.5 Å². The van der Waals surface area contributed by atoms with Crippen LogP contribution >= 0.6 is 23.8 Å². The van der Waals surface area contributed by atoms with Crippen molar-refractivity contribution in [3.05, 3.63) is 28.8 Å². The summed E-state index contributed by atoms with van der Waals surface area (Å²) >= 11 is 11.1. The lowest BCUT2D eigenvalue weighted by molar-refractivity contribution is 0.254. The number of nitrogens with two attached hydrogens (primary N) is 1. The molecule has 0 bridgehead atoms. The van der Waals surface area contributed by atoms with E-state index < -0.39 is 0 Å². The summed E-state index contributed by atoms with van der Waals surface area (Å²) in [5.74, 6) is 0. The maximum atomic E-state index is 6.14. The van der Waals surface area contributed by atoms with Gasteiger partial charge in [-0.2, -0.15) is 0 Å². The minimum absolute atomic E-state index is 0.178. The van der Waals surface area contributed by atoms with Gasteiger partial charge in [-0.1, -0.05) is 37.7 Å². The molecule has 3 nitrogen and oxygen atoms in total. The monoisotopic (exact) mass is 299 g/mol. The van der Waals surface area contributed by atoms with Gasteiger partial charge in [0.1, 0.15) is 4.99 Å². The molecular formula is C14H22ClN3S. The Hall–Kier alpha value is -0.840. The van der Waals surface area contributed by atoms with E-state index in [1.807, 2.05) is 18.2 Å². The Kier molecular flexibility index (Phi) is 5.59. The van der Waals surface area contributed by atoms with E-state index >= 15 is 0 Å². The van der Waals surface area contributed by atoms with Crippen molar-refractivity contribution < 1.29 is 0 Å². The molecule has 0 fully saturated rings. The summed E-state index contributed by atoms with van der Waals surface area (Å²) in [6, 6.07) is 5.67. The fourth-order valence-electron chi connectivity index (χ4n) is 2.08. The van der Waals surface area contributed by atoms with Gasteiger partial charge in [0.25, 0.3) is 0 Å². The number of anilines is 1. The van der Waals surface area contributed by atoms with E-state index in [9.17, 15) is 0 Å². The molecule has 0 aliphatic heterocycles. The summed E-state index contributed by atoms with van der Waals surface area (Å²) < 4.78 is 0. The number of hydrogen-bond donors (Lipinski definition) is 2. The van der Waals surface area contributed by atoms with E-state index in [-0.39, 0.29) is 5.41 Å². The van der Waals surface area contributed by atoms with Gasteiger partial charge in [-0.25, -0.2) is 0 Å². The summed E-state index contributed by atoms with van der Waals surface area (Å²) in [4.78, 5) is 2.51. The van der Waals surface area contributed by atoms with Crippen LogP contribution in [0.2, 0.25) is 5.02 Å². The molecule has 1 aromatic rings. The molecule has 0 heterocycles. The van der Waals surface area contributed by atoms with Gasteiger partial charge >= 0.3 is 0 Å². The minimum Gasteiger partial charge on any atom is -0.389 e. The van der Waals surface area contributed by atoms with Crippen molar-refractivity contribution in [1.82, 2.24) is 4.90 Å². The normalized spacial score (nSPS) is 11.7. The Bertz CT molecular complexity index is 458. The molecule has 0 aliphatic carbocycles. The first-order valence-corrected chi connectivity index (χ1v) is 6.98. The maximum Gasteiger partial charge on any atom is 0.105 e. The number of benzene rings is 1. The van der Waals surface area contributed by atoms with Crippen molar-refractivity contribution in [3.63, 3.8) is 0 Å². The van der Waals surface area contributed by atoms with Crippen LogP contribution in [-0.4, -0.2) is 37.1 Å². The second kappa shape index (κ2) is 6.55. The van der Waals surface area contributed by atoms with Gasteiger partial charge in [0.2, 0.25) is 0 Å². The molecule has 0 spiro atoms. The molecule has 106 valence electrons. The fraction of sp³-hybridized carbons (Fsp3) is 0.500. The maximum absolute atomic E-state index is 6.14. The highest BCUT2D eigenvalue weighted by atomic mass is 35.5. The van der Waals surface area contributed by atoms with E-state index in [0.29, 0.717) is 10.0 Å². The van der Waals surface area contributed by atoms with Crippen LogP contribution in [0.4, 0.5) is 5.69 Å². The molecule has 0 amide bonds. The third kappa shape index (κ3) is 5.35. The lowest BCUT2D eigenvalue weighted by Crippen LogP contribution is -2.34. The highest BCUT2D eigenvalue weighted by Gasteiger charge is 2.18. The van der Waals surface area contributed by atoms with Crippen LogP contribution in [0.1, 0.15) is 19.4 Å². The summed E-state index contributed by atoms with van der Waals surface area (Å²) in [6.07, 6.45) is 0. The minimum atomic E-state index is 0.178. The molecule has 1 aromatic carbocycles. The molecular weight excluding hydrogens is 278 g/mol. The zero-order chi connectivity index (χ0) is 14.6. The number of halogens is 1. The SMILES string of the molecule is CN(C)CC(C)(C)CNc1ccc(C(N)=S)c(Cl)c1. The number of nitrogens with one attached hydrogen (secondary N) is 1. The van der Waals surface area contributed by atoms with Crippen molar-refractivity contribution in [2.24, 2.45) is 11.1 Å². The summed E-state index contributed by atoms with van der Waals surface area (Å²) in [6.45, 7) is 6.34. The molecule has 0 unspecified atom stereocenters. The molecule has 0 saturated heterocycles. The van der Waals surface area contributed by atoms with E-state index in [0.717, 1.165) is 24.3 Å². The molecule has 1 rings (SSSR count). The van der Waals surface area contributed by atoms with Crippen molar-refractivity contribution >= 4 is 34.5 Å². The second-order valence-electron chi connectivity index (χ2n) is 5.81. The summed E-state index contributed by atoms with van der Waals surface area (Å²) in [5, 5.41) is 3.99. The Balaban J connectivity index is 2.69. The number of rotatable bonds is 6. The van der Waals surface area contributed by atoms with Crippen LogP contribution in [0.15, 0.2) is 18.2 Å². The quantitative estimate of drug-likeness (QED) is 0.793. The Morgan fingerprint density at radius 1 is 1.42 bits per heavy atom. The molecule has 0 atom stereocenters. The van der Waals surface area contributed by atoms with Gasteiger partial charge in [0.15, 0.2) is 0 Å². The zero-order valence-corrected chi connectivity index (χ0v) is 13.5. The van der Waals surface area contributed by atoms with Gasteiger partial charge in [0.05, 0.1) is 5.02 Å². The summed E-state index contributed by atoms with van der Waals surface area (Å²) in [5.41, 5.74) is 7.46. The third-order valence-corrected chi connectivity index (χ3v) is 3.28. The first kappa shape index (κ1) is 16.2. The average molecular weight is 300 g/mol. The predicted octanol–water partition coefficient (Wildman–Crippen LogP) is 2.97. The van der Waals surface area contributed by atoms with Gasteiger partial charge in [0, 0.05) is 24.3 Å². The highest BCUT2D eigenvalue weighted by molar-refractivity contribution is 7.80. The Morgan fingerprint density at radius 3 is 2.53 bits per heavy atom. The zero-order valence-electron chi connectivity index (χ0n) is 12.0. The third-order valence-electron chi connectivity index (χ3n) is 2.75. The number of hydrogen-bond acceptors (Lipinski definition) is 3. The van der Waals surface area contributed by atoms with Gasteiger partial charge in [-0.15, -0.1) is 0 Å². The lowest BCUT2D eigenvalue weighted by atomic mass is 9.93. The topological polar surface area (TPSA) is 41.3 Å². The number of thiocarbonyl (C=S) groups is 1. The smallest absolute Gasteiger partial charge is 0.105 e. The van der Waals surface area contributed by atoms with Crippen molar-refractivity contribution in [2.45, 2.75) is 13.8 Å². The fourth-order valence-corrected chi connectivity index (χ4v) is 2.59. The van der Waals surface area contributed by atoms with Crippen LogP contribution in [0.5, 0.6) is 0 Å². The highest BCUT2D eigenvalue weighted by Crippen LogP contribution is 2.23. The first-order valence-electron chi connectivity index (χ1n) is 6.19. The van der Waals surface area contributed by atoms with Crippen LogP contribution in [0.3, 0.4) is 0 Å². The van der Waals surface area contributed by atoms with Crippen LogP contribution < -0.4 is 11.1 Å². The largest absolute Gasteiger partial charge is 0.389 e. The standard InChI is InChI=1S/C14H22ClN3S/c1-14(2,9-18(3)4)8-17-10-5-6-11(13(16)19)12(15)7-10/h5-7,17H,8-9H2,1-4H3,(H2,16,19). The van der Waals surface area contributed by atoms with Crippen molar-refractivity contribution in [1.29, 1.82) is 0 Å². The number of nitrogens with zero attached hydrogens (tertiary/aromatic N) is 1. The van der Waals surface area contributed by atoms with Crippen LogP contribution in [0.25, 0.3) is 0 Å². The van der Waals surface area contributed by atoms with Gasteiger partial charge in [-0.3, -0.25) is 0 Å². The van der Waals surface area contributed by atoms with E-state index in [2.05, 4.69) is 38.2 Å². The second-order valence-corrected chi connectivity index (χ2v) is 6.66. The van der Waals surface area contributed by atoms with Gasteiger partial charge in [-0.05, 0) is 37.7 Å². The first-order chi connectivity index (χ1) is 8.71.